The first-order valence-corrected chi connectivity index (χ1v) is 0.928. The van der Waals surface area contributed by atoms with Gasteiger partial charge in [-0.1, -0.05) is 0 Å². The quantitative estimate of drug-likeness (QED) is 0.476. The SMILES string of the molecule is CC(=O)O.O.O.O.O.O.[Gd]. The second-order valence-electron chi connectivity index (χ2n) is 0.519. The van der Waals surface area contributed by atoms with Gasteiger partial charge in [0.05, 0.1) is 0 Å². The summed E-state index contributed by atoms with van der Waals surface area (Å²) < 4.78 is 0. The Labute approximate surface area is 89.6 Å². The van der Waals surface area contributed by atoms with Crippen LogP contribution >= 0.6 is 0 Å². The van der Waals surface area contributed by atoms with Gasteiger partial charge in [0.1, 0.15) is 0 Å². The van der Waals surface area contributed by atoms with E-state index in [2.05, 4.69) is 0 Å². The van der Waals surface area contributed by atoms with Crippen LogP contribution in [0.1, 0.15) is 6.92 Å². The van der Waals surface area contributed by atoms with Crippen LogP contribution in [0, 0.1) is 39.9 Å². The van der Waals surface area contributed by atoms with Crippen molar-refractivity contribution >= 4 is 5.97 Å². The molecule has 72 valence electrons. The Morgan fingerprint density at radius 2 is 1.00 bits per heavy atom. The average molecular weight is 307 g/mol. The minimum Gasteiger partial charge on any atom is -0.481 e. The molecule has 0 spiro atoms. The molecule has 0 fully saturated rings. The molecule has 0 saturated carbocycles. The van der Waals surface area contributed by atoms with E-state index in [9.17, 15) is 0 Å². The minimum atomic E-state index is -0.833. The topological polar surface area (TPSA) is 195 Å². The van der Waals surface area contributed by atoms with Crippen molar-refractivity contribution in [2.45, 2.75) is 6.92 Å². The molecule has 0 saturated heterocycles. The molecule has 0 aromatic heterocycles. The molecule has 0 aliphatic carbocycles. The minimum absolute atomic E-state index is 0. The fourth-order valence-electron chi connectivity index (χ4n) is 0. The molecular weight excluding hydrogens is 293 g/mol. The molecule has 8 heteroatoms. The molecule has 10 heavy (non-hydrogen) atoms. The van der Waals surface area contributed by atoms with Gasteiger partial charge >= 0.3 is 0 Å². The summed E-state index contributed by atoms with van der Waals surface area (Å²) >= 11 is 0. The Morgan fingerprint density at radius 3 is 1.00 bits per heavy atom. The average Bonchev–Trinajstić information content (AvgIpc) is 0.811. The maximum Gasteiger partial charge on any atom is 0.300 e. The largest absolute Gasteiger partial charge is 0.481 e. The van der Waals surface area contributed by atoms with Crippen LogP contribution in [0.4, 0.5) is 0 Å². The number of carbonyl (C=O) groups is 1. The van der Waals surface area contributed by atoms with Crippen molar-refractivity contribution in [1.82, 2.24) is 0 Å². The first-order valence-electron chi connectivity index (χ1n) is 0.928. The Kier molecular flexibility index (Phi) is 414. The van der Waals surface area contributed by atoms with E-state index in [-0.39, 0.29) is 67.3 Å². The van der Waals surface area contributed by atoms with Gasteiger partial charge in [-0.3, -0.25) is 4.79 Å². The first kappa shape index (κ1) is 75.5. The van der Waals surface area contributed by atoms with Crippen LogP contribution in [0.15, 0.2) is 0 Å². The van der Waals surface area contributed by atoms with Crippen molar-refractivity contribution in [3.63, 3.8) is 0 Å². The van der Waals surface area contributed by atoms with E-state index in [4.69, 9.17) is 9.90 Å². The van der Waals surface area contributed by atoms with Gasteiger partial charge in [0.2, 0.25) is 0 Å². The van der Waals surface area contributed by atoms with Gasteiger partial charge in [-0.15, -0.1) is 0 Å². The molecule has 0 rings (SSSR count). The summed E-state index contributed by atoms with van der Waals surface area (Å²) in [5.74, 6) is -0.833. The molecule has 0 aliphatic heterocycles. The Bertz CT molecular complexity index is 34.6. The number of rotatable bonds is 0. The molecule has 0 bridgehead atoms. The van der Waals surface area contributed by atoms with Gasteiger partial charge in [0.15, 0.2) is 0 Å². The standard InChI is InChI=1S/C2H4O2.Gd.5H2O/c1-2(3)4;;;;;;/h1H3,(H,3,4);;5*1H2. The van der Waals surface area contributed by atoms with Crippen LogP contribution in [-0.2, 0) is 4.79 Å². The number of carboxylic acids is 1. The second-order valence-corrected chi connectivity index (χ2v) is 0.519. The van der Waals surface area contributed by atoms with Crippen molar-refractivity contribution in [2.75, 3.05) is 0 Å². The third kappa shape index (κ3) is 1400. The van der Waals surface area contributed by atoms with Gasteiger partial charge in [0.25, 0.3) is 5.97 Å². The van der Waals surface area contributed by atoms with Crippen LogP contribution < -0.4 is 0 Å². The van der Waals surface area contributed by atoms with Gasteiger partial charge in [-0.05, 0) is 0 Å². The zero-order chi connectivity index (χ0) is 3.58. The predicted octanol–water partition coefficient (Wildman–Crippen LogP) is -4.03. The number of hydrogen-bond acceptors (Lipinski definition) is 1. The van der Waals surface area contributed by atoms with Crippen LogP contribution in [0.25, 0.3) is 0 Å². The molecule has 0 aromatic rings. The molecule has 0 radical (unpaired) electrons. The van der Waals surface area contributed by atoms with E-state index < -0.39 is 5.97 Å². The molecule has 0 heterocycles. The molecule has 0 atom stereocenters. The number of hydrogen-bond donors (Lipinski definition) is 1. The molecule has 0 unspecified atom stereocenters. The normalized spacial score (nSPS) is 2.50. The molecule has 0 aliphatic rings. The van der Waals surface area contributed by atoms with E-state index in [1.54, 1.807) is 0 Å². The zero-order valence-corrected chi connectivity index (χ0v) is 7.48. The maximum absolute atomic E-state index is 9.00. The Morgan fingerprint density at radius 1 is 1.00 bits per heavy atom. The summed E-state index contributed by atoms with van der Waals surface area (Å²) in [7, 11) is 0. The van der Waals surface area contributed by atoms with Crippen LogP contribution in [0.2, 0.25) is 0 Å². The van der Waals surface area contributed by atoms with Crippen molar-refractivity contribution < 1.29 is 77.2 Å². The predicted molar refractivity (Wildman–Crippen MR) is 31.4 cm³/mol. The van der Waals surface area contributed by atoms with E-state index >= 15 is 0 Å². The third-order valence-electron chi connectivity index (χ3n) is 0. The second kappa shape index (κ2) is 54.8. The summed E-state index contributed by atoms with van der Waals surface area (Å²) in [5, 5.41) is 7.42. The van der Waals surface area contributed by atoms with Crippen molar-refractivity contribution in [3.05, 3.63) is 0 Å². The summed E-state index contributed by atoms with van der Waals surface area (Å²) in [6, 6.07) is 0. The summed E-state index contributed by atoms with van der Waals surface area (Å²) in [5.41, 5.74) is 0. The monoisotopic (exact) mass is 308 g/mol. The summed E-state index contributed by atoms with van der Waals surface area (Å²) in [6.45, 7) is 1.08. The zero-order valence-electron chi connectivity index (χ0n) is 5.21. The molecule has 7 nitrogen and oxygen atoms in total. The van der Waals surface area contributed by atoms with E-state index in [0.29, 0.717) is 0 Å². The van der Waals surface area contributed by atoms with E-state index in [0.717, 1.165) is 6.92 Å². The Balaban J connectivity index is -0.00000000300. The Hall–Kier alpha value is 0.595. The smallest absolute Gasteiger partial charge is 0.300 e. The molecule has 0 aromatic carbocycles. The maximum atomic E-state index is 9.00. The van der Waals surface area contributed by atoms with Crippen molar-refractivity contribution in [2.24, 2.45) is 0 Å². The first-order chi connectivity index (χ1) is 1.73. The van der Waals surface area contributed by atoms with Crippen molar-refractivity contribution in [3.8, 4) is 0 Å². The summed E-state index contributed by atoms with van der Waals surface area (Å²) in [4.78, 5) is 9.00. The number of aliphatic carboxylic acids is 1. The van der Waals surface area contributed by atoms with Gasteiger partial charge in [-0.2, -0.15) is 0 Å². The van der Waals surface area contributed by atoms with E-state index in [1.165, 1.54) is 0 Å². The molecule has 0 amide bonds. The van der Waals surface area contributed by atoms with Crippen LogP contribution in [-0.4, -0.2) is 38.5 Å². The van der Waals surface area contributed by atoms with Gasteiger partial charge in [-0.25, -0.2) is 0 Å². The van der Waals surface area contributed by atoms with Crippen LogP contribution in [0.3, 0.4) is 0 Å². The summed E-state index contributed by atoms with van der Waals surface area (Å²) in [6.07, 6.45) is 0. The van der Waals surface area contributed by atoms with Gasteiger partial charge < -0.3 is 32.5 Å². The number of carboxylic acid groups (broad SMARTS) is 1. The van der Waals surface area contributed by atoms with E-state index in [1.807, 2.05) is 0 Å². The fourth-order valence-corrected chi connectivity index (χ4v) is 0. The van der Waals surface area contributed by atoms with Gasteiger partial charge in [0, 0.05) is 46.9 Å². The van der Waals surface area contributed by atoms with Crippen molar-refractivity contribution in [1.29, 1.82) is 0 Å². The molecule has 11 N–H and O–H groups in total. The molecular formula is C2H14GdO7. The fraction of sp³-hybridized carbons (Fsp3) is 0.500. The van der Waals surface area contributed by atoms with Crippen LogP contribution in [0.5, 0.6) is 0 Å². The third-order valence-corrected chi connectivity index (χ3v) is 0.